The Morgan fingerprint density at radius 1 is 0.966 bits per heavy atom. The third kappa shape index (κ3) is 4.08. The molecular weight excluding hydrogens is 366 g/mol. The van der Waals surface area contributed by atoms with Gasteiger partial charge in [0.1, 0.15) is 5.52 Å². The van der Waals surface area contributed by atoms with E-state index in [-0.39, 0.29) is 12.3 Å². The quantitative estimate of drug-likeness (QED) is 0.550. The molecule has 0 aliphatic carbocycles. The Hall–Kier alpha value is -4.13. The Labute approximate surface area is 166 Å². The Morgan fingerprint density at radius 3 is 2.52 bits per heavy atom. The van der Waals surface area contributed by atoms with Gasteiger partial charge in [-0.2, -0.15) is 0 Å². The van der Waals surface area contributed by atoms with Crippen molar-refractivity contribution in [2.75, 3.05) is 5.32 Å². The van der Waals surface area contributed by atoms with Crippen LogP contribution < -0.4 is 11.1 Å². The number of amides is 2. The van der Waals surface area contributed by atoms with Crippen molar-refractivity contribution in [2.45, 2.75) is 6.42 Å². The van der Waals surface area contributed by atoms with E-state index in [2.05, 4.69) is 20.3 Å². The molecule has 0 spiro atoms. The molecule has 4 aromatic rings. The second-order valence-corrected chi connectivity index (χ2v) is 6.46. The van der Waals surface area contributed by atoms with Crippen molar-refractivity contribution >= 4 is 28.5 Å². The largest absolute Gasteiger partial charge is 0.366 e. The van der Waals surface area contributed by atoms with Crippen LogP contribution in [0.25, 0.3) is 22.3 Å². The van der Waals surface area contributed by atoms with Crippen LogP contribution in [0.2, 0.25) is 0 Å². The summed E-state index contributed by atoms with van der Waals surface area (Å²) in [4.78, 5) is 36.8. The van der Waals surface area contributed by atoms with Crippen LogP contribution in [0.15, 0.2) is 73.2 Å². The summed E-state index contributed by atoms with van der Waals surface area (Å²) in [5.41, 5.74) is 9.78. The molecular formula is C22H17N5O2. The SMILES string of the molecule is NC(=O)c1cccc2ncc(-c3ccc(NC(=O)Cc4cccnc4)cc3)nc12. The van der Waals surface area contributed by atoms with E-state index in [0.29, 0.717) is 28.0 Å². The van der Waals surface area contributed by atoms with Gasteiger partial charge < -0.3 is 11.1 Å². The summed E-state index contributed by atoms with van der Waals surface area (Å²) in [5, 5.41) is 2.86. The van der Waals surface area contributed by atoms with Gasteiger partial charge in [0.2, 0.25) is 5.91 Å². The molecule has 0 bridgehead atoms. The second kappa shape index (κ2) is 7.85. The summed E-state index contributed by atoms with van der Waals surface area (Å²) < 4.78 is 0. The van der Waals surface area contributed by atoms with E-state index in [1.165, 1.54) is 0 Å². The summed E-state index contributed by atoms with van der Waals surface area (Å²) in [6.07, 6.45) is 5.23. The molecule has 0 aliphatic heterocycles. The number of nitrogens with one attached hydrogen (secondary N) is 1. The number of rotatable bonds is 5. The van der Waals surface area contributed by atoms with Gasteiger partial charge in [-0.1, -0.05) is 24.3 Å². The van der Waals surface area contributed by atoms with Crippen LogP contribution >= 0.6 is 0 Å². The van der Waals surface area contributed by atoms with Crippen LogP contribution in [-0.2, 0) is 11.2 Å². The van der Waals surface area contributed by atoms with E-state index >= 15 is 0 Å². The highest BCUT2D eigenvalue weighted by molar-refractivity contribution is 6.04. The van der Waals surface area contributed by atoms with Gasteiger partial charge in [0.25, 0.3) is 5.91 Å². The number of para-hydroxylation sites is 1. The summed E-state index contributed by atoms with van der Waals surface area (Å²) in [7, 11) is 0. The van der Waals surface area contributed by atoms with Crippen LogP contribution in [-0.4, -0.2) is 26.8 Å². The number of carbonyl (C=O) groups is 2. The van der Waals surface area contributed by atoms with Gasteiger partial charge in [-0.15, -0.1) is 0 Å². The number of hydrogen-bond acceptors (Lipinski definition) is 5. The van der Waals surface area contributed by atoms with Gasteiger partial charge in [-0.05, 0) is 35.9 Å². The maximum atomic E-state index is 12.2. The minimum atomic E-state index is -0.547. The van der Waals surface area contributed by atoms with Gasteiger partial charge in [-0.3, -0.25) is 19.6 Å². The molecule has 4 rings (SSSR count). The first-order chi connectivity index (χ1) is 14.1. The van der Waals surface area contributed by atoms with E-state index in [1.54, 1.807) is 55.0 Å². The highest BCUT2D eigenvalue weighted by atomic mass is 16.1. The Balaban J connectivity index is 1.54. The van der Waals surface area contributed by atoms with E-state index in [1.807, 2.05) is 18.2 Å². The molecule has 0 atom stereocenters. The molecule has 0 fully saturated rings. The highest BCUT2D eigenvalue weighted by Gasteiger charge is 2.11. The van der Waals surface area contributed by atoms with Crippen LogP contribution in [0.4, 0.5) is 5.69 Å². The van der Waals surface area contributed by atoms with Crippen molar-refractivity contribution in [1.82, 2.24) is 15.0 Å². The van der Waals surface area contributed by atoms with Crippen molar-refractivity contribution in [3.05, 3.63) is 84.3 Å². The van der Waals surface area contributed by atoms with Crippen molar-refractivity contribution in [2.24, 2.45) is 5.73 Å². The van der Waals surface area contributed by atoms with Gasteiger partial charge in [-0.25, -0.2) is 4.98 Å². The van der Waals surface area contributed by atoms with Crippen LogP contribution in [0, 0.1) is 0 Å². The van der Waals surface area contributed by atoms with Gasteiger partial charge in [0, 0.05) is 23.6 Å². The number of aromatic nitrogens is 3. The molecule has 3 N–H and O–H groups in total. The number of nitrogens with two attached hydrogens (primary N) is 1. The molecule has 0 radical (unpaired) electrons. The lowest BCUT2D eigenvalue weighted by Gasteiger charge is -2.08. The lowest BCUT2D eigenvalue weighted by molar-refractivity contribution is -0.115. The van der Waals surface area contributed by atoms with E-state index in [4.69, 9.17) is 5.73 Å². The summed E-state index contributed by atoms with van der Waals surface area (Å²) in [6, 6.07) is 16.0. The number of carbonyl (C=O) groups excluding carboxylic acids is 2. The lowest BCUT2D eigenvalue weighted by Crippen LogP contribution is -2.14. The maximum Gasteiger partial charge on any atom is 0.250 e. The average molecular weight is 383 g/mol. The molecule has 142 valence electrons. The summed E-state index contributed by atoms with van der Waals surface area (Å²) >= 11 is 0. The van der Waals surface area contributed by atoms with Crippen molar-refractivity contribution in [1.29, 1.82) is 0 Å². The van der Waals surface area contributed by atoms with Gasteiger partial charge in [0.15, 0.2) is 0 Å². The molecule has 0 unspecified atom stereocenters. The van der Waals surface area contributed by atoms with Gasteiger partial charge >= 0.3 is 0 Å². The highest BCUT2D eigenvalue weighted by Crippen LogP contribution is 2.23. The van der Waals surface area contributed by atoms with E-state index in [9.17, 15) is 9.59 Å². The van der Waals surface area contributed by atoms with Gasteiger partial charge in [0.05, 0.1) is 29.4 Å². The van der Waals surface area contributed by atoms with E-state index < -0.39 is 5.91 Å². The average Bonchev–Trinajstić information content (AvgIpc) is 2.74. The zero-order valence-electron chi connectivity index (χ0n) is 15.4. The molecule has 7 heteroatoms. The first-order valence-electron chi connectivity index (χ1n) is 8.95. The van der Waals surface area contributed by atoms with Crippen molar-refractivity contribution in [3.8, 4) is 11.3 Å². The van der Waals surface area contributed by atoms with Crippen molar-refractivity contribution in [3.63, 3.8) is 0 Å². The Morgan fingerprint density at radius 2 is 1.79 bits per heavy atom. The number of pyridine rings is 1. The molecule has 0 aliphatic rings. The topological polar surface area (TPSA) is 111 Å². The minimum absolute atomic E-state index is 0.123. The van der Waals surface area contributed by atoms with Crippen LogP contribution in [0.3, 0.4) is 0 Å². The van der Waals surface area contributed by atoms with Crippen molar-refractivity contribution < 1.29 is 9.59 Å². The zero-order valence-corrected chi connectivity index (χ0v) is 15.4. The number of anilines is 1. The molecule has 0 saturated heterocycles. The number of hydrogen-bond donors (Lipinski definition) is 2. The van der Waals surface area contributed by atoms with Crippen LogP contribution in [0.1, 0.15) is 15.9 Å². The fourth-order valence-corrected chi connectivity index (χ4v) is 2.99. The molecule has 2 amide bonds. The molecule has 7 nitrogen and oxygen atoms in total. The number of nitrogens with zero attached hydrogens (tertiary/aromatic N) is 3. The summed E-state index contributed by atoms with van der Waals surface area (Å²) in [5.74, 6) is -0.670. The Bertz CT molecular complexity index is 1190. The zero-order chi connectivity index (χ0) is 20.2. The first kappa shape index (κ1) is 18.2. The normalized spacial score (nSPS) is 10.6. The standard InChI is InChI=1S/C22H17N5O2/c23-22(29)17-4-1-5-18-21(17)27-19(13-25-18)15-6-8-16(9-7-15)26-20(28)11-14-3-2-10-24-12-14/h1-10,12-13H,11H2,(H2,23,29)(H,26,28). The third-order valence-corrected chi connectivity index (χ3v) is 4.39. The molecule has 2 aromatic heterocycles. The molecule has 2 aromatic carbocycles. The smallest absolute Gasteiger partial charge is 0.250 e. The summed E-state index contributed by atoms with van der Waals surface area (Å²) in [6.45, 7) is 0. The predicted octanol–water partition coefficient (Wildman–Crippen LogP) is 2.97. The van der Waals surface area contributed by atoms with Crippen LogP contribution in [0.5, 0.6) is 0 Å². The molecule has 29 heavy (non-hydrogen) atoms. The molecule has 0 saturated carbocycles. The first-order valence-corrected chi connectivity index (χ1v) is 8.95. The second-order valence-electron chi connectivity index (χ2n) is 6.46. The lowest BCUT2D eigenvalue weighted by atomic mass is 10.1. The number of primary amides is 1. The fraction of sp³-hybridized carbons (Fsp3) is 0.0455. The minimum Gasteiger partial charge on any atom is -0.366 e. The molecule has 2 heterocycles. The predicted molar refractivity (Wildman–Crippen MR) is 110 cm³/mol. The Kier molecular flexibility index (Phi) is 4.94. The maximum absolute atomic E-state index is 12.2. The fourth-order valence-electron chi connectivity index (χ4n) is 2.99. The third-order valence-electron chi connectivity index (χ3n) is 4.39. The number of fused-ring (bicyclic) bond motifs is 1. The number of benzene rings is 2. The monoisotopic (exact) mass is 383 g/mol. The van der Waals surface area contributed by atoms with E-state index in [0.717, 1.165) is 11.1 Å².